The smallest absolute Gasteiger partial charge is 0.267 e. The fourth-order valence-corrected chi connectivity index (χ4v) is 2.54. The molecule has 1 aliphatic heterocycles. The van der Waals surface area contributed by atoms with Crippen LogP contribution in [-0.2, 0) is 10.2 Å². The van der Waals surface area contributed by atoms with Gasteiger partial charge in [0.05, 0.1) is 10.2 Å². The molecule has 0 N–H and O–H groups in total. The summed E-state index contributed by atoms with van der Waals surface area (Å²) in [6.45, 7) is 8.21. The van der Waals surface area contributed by atoms with Gasteiger partial charge in [-0.2, -0.15) is 0 Å². The van der Waals surface area contributed by atoms with Gasteiger partial charge in [0.25, 0.3) is 5.91 Å². The second-order valence-electron chi connectivity index (χ2n) is 5.71. The molecule has 0 aromatic heterocycles. The maximum atomic E-state index is 11.9. The van der Waals surface area contributed by atoms with E-state index >= 15 is 0 Å². The van der Waals surface area contributed by atoms with Crippen LogP contribution in [0.5, 0.6) is 5.75 Å². The largest absolute Gasteiger partial charge is 0.477 e. The molecule has 0 spiro atoms. The molecule has 1 heterocycles. The van der Waals surface area contributed by atoms with Crippen LogP contribution in [0.2, 0.25) is 0 Å². The summed E-state index contributed by atoms with van der Waals surface area (Å²) in [4.78, 5) is 13.6. The van der Waals surface area contributed by atoms with Gasteiger partial charge in [0.1, 0.15) is 0 Å². The highest BCUT2D eigenvalue weighted by Gasteiger charge is 2.31. The number of halogens is 1. The van der Waals surface area contributed by atoms with E-state index in [2.05, 4.69) is 42.8 Å². The molecule has 2 rings (SSSR count). The van der Waals surface area contributed by atoms with E-state index in [-0.39, 0.29) is 11.3 Å². The van der Waals surface area contributed by atoms with Crippen molar-refractivity contribution in [3.8, 4) is 5.75 Å². The molecule has 98 valence electrons. The summed E-state index contributed by atoms with van der Waals surface area (Å²) in [6.07, 6.45) is -0.431. The Bertz CT molecular complexity index is 505. The number of rotatable bonds is 0. The van der Waals surface area contributed by atoms with E-state index in [0.717, 1.165) is 15.9 Å². The van der Waals surface area contributed by atoms with E-state index in [1.807, 2.05) is 6.07 Å². The third-order valence-electron chi connectivity index (χ3n) is 3.22. The van der Waals surface area contributed by atoms with Crippen LogP contribution in [0.4, 0.5) is 5.69 Å². The van der Waals surface area contributed by atoms with E-state index in [0.29, 0.717) is 0 Å². The quantitative estimate of drug-likeness (QED) is 0.734. The standard InChI is InChI=1S/C14H18BrNO2/c1-8-13(17)16(5)11-7-9(14(2,3)4)6-10(15)12(11)18-8/h6-8H,1-5H3. The first-order valence-corrected chi connectivity index (χ1v) is 6.79. The number of hydrogen-bond acceptors (Lipinski definition) is 2. The summed E-state index contributed by atoms with van der Waals surface area (Å²) < 4.78 is 6.57. The Balaban J connectivity index is 2.60. The van der Waals surface area contributed by atoms with Gasteiger partial charge in [-0.05, 0) is 46.0 Å². The van der Waals surface area contributed by atoms with Crippen LogP contribution >= 0.6 is 15.9 Å². The van der Waals surface area contributed by atoms with Crippen LogP contribution in [0.1, 0.15) is 33.3 Å². The number of amides is 1. The van der Waals surface area contributed by atoms with Crippen molar-refractivity contribution in [2.45, 2.75) is 39.2 Å². The molecule has 1 atom stereocenters. The number of benzene rings is 1. The van der Waals surface area contributed by atoms with Crippen molar-refractivity contribution in [1.82, 2.24) is 0 Å². The molecule has 0 saturated carbocycles. The molecule has 0 saturated heterocycles. The van der Waals surface area contributed by atoms with E-state index in [1.165, 1.54) is 5.56 Å². The first kappa shape index (κ1) is 13.4. The van der Waals surface area contributed by atoms with Gasteiger partial charge < -0.3 is 9.64 Å². The minimum atomic E-state index is -0.431. The molecular formula is C14H18BrNO2. The van der Waals surface area contributed by atoms with Crippen LogP contribution < -0.4 is 9.64 Å². The minimum absolute atomic E-state index is 0.0135. The fraction of sp³-hybridized carbons (Fsp3) is 0.500. The van der Waals surface area contributed by atoms with Crippen molar-refractivity contribution in [3.63, 3.8) is 0 Å². The summed E-state index contributed by atoms with van der Waals surface area (Å²) in [5.74, 6) is 0.734. The Morgan fingerprint density at radius 2 is 1.94 bits per heavy atom. The highest BCUT2D eigenvalue weighted by Crippen LogP contribution is 2.42. The first-order valence-electron chi connectivity index (χ1n) is 6.00. The van der Waals surface area contributed by atoms with Gasteiger partial charge in [0, 0.05) is 7.05 Å². The lowest BCUT2D eigenvalue weighted by Crippen LogP contribution is -2.42. The first-order chi connectivity index (χ1) is 8.21. The Kier molecular flexibility index (Phi) is 3.18. The predicted octanol–water partition coefficient (Wildman–Crippen LogP) is 3.49. The van der Waals surface area contributed by atoms with Crippen molar-refractivity contribution in [2.24, 2.45) is 0 Å². The molecule has 1 amide bonds. The molecule has 0 aliphatic carbocycles. The molecule has 0 fully saturated rings. The van der Waals surface area contributed by atoms with Gasteiger partial charge in [-0.1, -0.05) is 20.8 Å². The Hall–Kier alpha value is -1.03. The van der Waals surface area contributed by atoms with Crippen LogP contribution in [0.15, 0.2) is 16.6 Å². The Morgan fingerprint density at radius 1 is 1.33 bits per heavy atom. The number of nitrogens with zero attached hydrogens (tertiary/aromatic N) is 1. The van der Waals surface area contributed by atoms with Crippen molar-refractivity contribution < 1.29 is 9.53 Å². The monoisotopic (exact) mass is 311 g/mol. The number of hydrogen-bond donors (Lipinski definition) is 0. The molecule has 1 aromatic rings. The minimum Gasteiger partial charge on any atom is -0.477 e. The van der Waals surface area contributed by atoms with Crippen LogP contribution in [0.25, 0.3) is 0 Å². The van der Waals surface area contributed by atoms with E-state index in [9.17, 15) is 4.79 Å². The molecular weight excluding hydrogens is 294 g/mol. The lowest BCUT2D eigenvalue weighted by atomic mass is 9.86. The van der Waals surface area contributed by atoms with Crippen molar-refractivity contribution >= 4 is 27.5 Å². The zero-order valence-corrected chi connectivity index (χ0v) is 13.0. The van der Waals surface area contributed by atoms with Crippen molar-refractivity contribution in [1.29, 1.82) is 0 Å². The topological polar surface area (TPSA) is 29.5 Å². The van der Waals surface area contributed by atoms with Gasteiger partial charge in [0.15, 0.2) is 11.9 Å². The second kappa shape index (κ2) is 4.26. The Morgan fingerprint density at radius 3 is 2.50 bits per heavy atom. The highest BCUT2D eigenvalue weighted by molar-refractivity contribution is 9.10. The van der Waals surface area contributed by atoms with Crippen LogP contribution in [0, 0.1) is 0 Å². The maximum absolute atomic E-state index is 11.9. The molecule has 0 bridgehead atoms. The molecule has 0 radical (unpaired) electrons. The van der Waals surface area contributed by atoms with Gasteiger partial charge >= 0.3 is 0 Å². The molecule has 18 heavy (non-hydrogen) atoms. The lowest BCUT2D eigenvalue weighted by molar-refractivity contribution is -0.125. The maximum Gasteiger partial charge on any atom is 0.267 e. The number of fused-ring (bicyclic) bond motifs is 1. The average Bonchev–Trinajstić information content (AvgIpc) is 2.26. The van der Waals surface area contributed by atoms with Gasteiger partial charge in [-0.25, -0.2) is 0 Å². The summed E-state index contributed by atoms with van der Waals surface area (Å²) in [7, 11) is 1.79. The van der Waals surface area contributed by atoms with Crippen LogP contribution in [0.3, 0.4) is 0 Å². The van der Waals surface area contributed by atoms with Gasteiger partial charge in [0.2, 0.25) is 0 Å². The Labute approximate surface area is 116 Å². The summed E-state index contributed by atoms with van der Waals surface area (Å²) >= 11 is 3.54. The number of likely N-dealkylation sites (N-methyl/N-ethyl adjacent to an activating group) is 1. The number of ether oxygens (including phenoxy) is 1. The highest BCUT2D eigenvalue weighted by atomic mass is 79.9. The molecule has 1 aliphatic rings. The van der Waals surface area contributed by atoms with Gasteiger partial charge in [-0.3, -0.25) is 4.79 Å². The molecule has 4 heteroatoms. The van der Waals surface area contributed by atoms with Crippen molar-refractivity contribution in [2.75, 3.05) is 11.9 Å². The predicted molar refractivity (Wildman–Crippen MR) is 76.3 cm³/mol. The van der Waals surface area contributed by atoms with Crippen LogP contribution in [-0.4, -0.2) is 19.1 Å². The fourth-order valence-electron chi connectivity index (χ4n) is 2.00. The van der Waals surface area contributed by atoms with E-state index < -0.39 is 6.10 Å². The second-order valence-corrected chi connectivity index (χ2v) is 6.57. The summed E-state index contributed by atoms with van der Waals surface area (Å²) in [5, 5.41) is 0. The zero-order chi connectivity index (χ0) is 13.7. The molecule has 1 aromatic carbocycles. The average molecular weight is 312 g/mol. The van der Waals surface area contributed by atoms with E-state index in [4.69, 9.17) is 4.74 Å². The molecule has 1 unspecified atom stereocenters. The third-order valence-corrected chi connectivity index (χ3v) is 3.81. The summed E-state index contributed by atoms with van der Waals surface area (Å²) in [6, 6.07) is 4.10. The summed E-state index contributed by atoms with van der Waals surface area (Å²) in [5.41, 5.74) is 2.04. The number of carbonyl (C=O) groups is 1. The third kappa shape index (κ3) is 2.14. The lowest BCUT2D eigenvalue weighted by Gasteiger charge is -2.32. The zero-order valence-electron chi connectivity index (χ0n) is 11.4. The van der Waals surface area contributed by atoms with Gasteiger partial charge in [-0.15, -0.1) is 0 Å². The molecule has 3 nitrogen and oxygen atoms in total. The van der Waals surface area contributed by atoms with E-state index in [1.54, 1.807) is 18.9 Å². The SMILES string of the molecule is CC1Oc2c(Br)cc(C(C)(C)C)cc2N(C)C1=O. The van der Waals surface area contributed by atoms with Crippen molar-refractivity contribution in [3.05, 3.63) is 22.2 Å². The number of carbonyl (C=O) groups excluding carboxylic acids is 1. The normalized spacial score (nSPS) is 19.6. The number of anilines is 1.